The van der Waals surface area contributed by atoms with Crippen LogP contribution in [0.4, 0.5) is 0 Å². The van der Waals surface area contributed by atoms with Gasteiger partial charge < -0.3 is 19.3 Å². The van der Waals surface area contributed by atoms with Crippen LogP contribution in [-0.2, 0) is 13.2 Å². The number of hydrogen-bond acceptors (Lipinski definition) is 6. The second kappa shape index (κ2) is 7.89. The van der Waals surface area contributed by atoms with Crippen molar-refractivity contribution in [2.24, 2.45) is 0 Å². The van der Waals surface area contributed by atoms with Gasteiger partial charge in [-0.25, -0.2) is 0 Å². The summed E-state index contributed by atoms with van der Waals surface area (Å²) in [6.45, 7) is 10.6. The summed E-state index contributed by atoms with van der Waals surface area (Å²) in [6, 6.07) is 6.69. The molecule has 6 heteroatoms. The Morgan fingerprint density at radius 3 is 2.84 bits per heavy atom. The number of rotatable bonds is 6. The molecule has 1 unspecified atom stereocenters. The third-order valence-electron chi connectivity index (χ3n) is 4.64. The van der Waals surface area contributed by atoms with E-state index < -0.39 is 0 Å². The highest BCUT2D eigenvalue weighted by molar-refractivity contribution is 5.43. The lowest BCUT2D eigenvalue weighted by atomic mass is 10.1. The number of aryl methyl sites for hydroxylation is 2. The summed E-state index contributed by atoms with van der Waals surface area (Å²) in [5.74, 6) is 2.29. The van der Waals surface area contributed by atoms with Gasteiger partial charge in [-0.05, 0) is 38.5 Å². The van der Waals surface area contributed by atoms with Gasteiger partial charge in [0.05, 0.1) is 18.4 Å². The first kappa shape index (κ1) is 17.8. The average molecular weight is 345 g/mol. The molecule has 1 atom stereocenters. The van der Waals surface area contributed by atoms with Crippen molar-refractivity contribution in [1.82, 2.24) is 15.4 Å². The molecule has 6 nitrogen and oxygen atoms in total. The molecule has 1 saturated heterocycles. The summed E-state index contributed by atoms with van der Waals surface area (Å²) < 4.78 is 16.7. The molecule has 0 spiro atoms. The number of ether oxygens (including phenoxy) is 2. The number of methoxy groups -OCH3 is 1. The maximum Gasteiger partial charge on any atom is 0.161 e. The molecule has 1 aliphatic heterocycles. The van der Waals surface area contributed by atoms with E-state index in [1.807, 2.05) is 19.9 Å². The molecule has 1 aliphatic rings. The quantitative estimate of drug-likeness (QED) is 0.869. The molecule has 1 N–H and O–H groups in total. The number of nitrogens with zero attached hydrogens (tertiary/aromatic N) is 2. The Morgan fingerprint density at radius 2 is 2.16 bits per heavy atom. The van der Waals surface area contributed by atoms with Crippen molar-refractivity contribution in [3.8, 4) is 11.5 Å². The fourth-order valence-electron chi connectivity index (χ4n) is 3.20. The van der Waals surface area contributed by atoms with E-state index >= 15 is 0 Å². The molecule has 2 aromatic rings. The Morgan fingerprint density at radius 1 is 1.32 bits per heavy atom. The first-order valence-electron chi connectivity index (χ1n) is 8.74. The minimum Gasteiger partial charge on any atom is -0.493 e. The van der Waals surface area contributed by atoms with Crippen molar-refractivity contribution >= 4 is 0 Å². The van der Waals surface area contributed by atoms with E-state index in [0.717, 1.165) is 54.7 Å². The summed E-state index contributed by atoms with van der Waals surface area (Å²) in [7, 11) is 1.68. The SMILES string of the molecule is COc1cc(CN2CCNC(C)C2)ccc1OCc1c(C)noc1C. The Hall–Kier alpha value is -2.05. The summed E-state index contributed by atoms with van der Waals surface area (Å²) in [6.07, 6.45) is 0. The highest BCUT2D eigenvalue weighted by atomic mass is 16.5. The number of piperazine rings is 1. The summed E-state index contributed by atoms with van der Waals surface area (Å²) in [5.41, 5.74) is 3.08. The van der Waals surface area contributed by atoms with Crippen LogP contribution >= 0.6 is 0 Å². The van der Waals surface area contributed by atoms with Gasteiger partial charge in [-0.3, -0.25) is 4.90 Å². The van der Waals surface area contributed by atoms with E-state index in [0.29, 0.717) is 12.6 Å². The second-order valence-electron chi connectivity index (χ2n) is 6.67. The summed E-state index contributed by atoms with van der Waals surface area (Å²) in [5, 5.41) is 7.43. The zero-order chi connectivity index (χ0) is 17.8. The number of benzene rings is 1. The maximum absolute atomic E-state index is 5.95. The Kier molecular flexibility index (Phi) is 5.60. The minimum atomic E-state index is 0.423. The highest BCUT2D eigenvalue weighted by Crippen LogP contribution is 2.30. The third kappa shape index (κ3) is 4.32. The van der Waals surface area contributed by atoms with E-state index in [-0.39, 0.29) is 0 Å². The average Bonchev–Trinajstić information content (AvgIpc) is 2.92. The molecule has 0 aliphatic carbocycles. The van der Waals surface area contributed by atoms with Crippen molar-refractivity contribution in [3.05, 3.63) is 40.8 Å². The van der Waals surface area contributed by atoms with Crippen LogP contribution in [0.15, 0.2) is 22.7 Å². The van der Waals surface area contributed by atoms with Gasteiger partial charge in [0.15, 0.2) is 11.5 Å². The van der Waals surface area contributed by atoms with Gasteiger partial charge in [-0.2, -0.15) is 0 Å². The van der Waals surface area contributed by atoms with Crippen LogP contribution in [0.5, 0.6) is 11.5 Å². The number of hydrogen-bond donors (Lipinski definition) is 1. The van der Waals surface area contributed by atoms with Gasteiger partial charge in [0.2, 0.25) is 0 Å². The molecule has 1 fully saturated rings. The van der Waals surface area contributed by atoms with Crippen LogP contribution in [0.25, 0.3) is 0 Å². The summed E-state index contributed by atoms with van der Waals surface area (Å²) >= 11 is 0. The Balaban J connectivity index is 1.67. The first-order valence-corrected chi connectivity index (χ1v) is 8.74. The van der Waals surface area contributed by atoms with Gasteiger partial charge in [0.25, 0.3) is 0 Å². The Bertz CT molecular complexity index is 694. The zero-order valence-corrected chi connectivity index (χ0v) is 15.5. The molecule has 0 bridgehead atoms. The van der Waals surface area contributed by atoms with E-state index in [9.17, 15) is 0 Å². The van der Waals surface area contributed by atoms with Gasteiger partial charge in [0, 0.05) is 32.2 Å². The minimum absolute atomic E-state index is 0.423. The fourth-order valence-corrected chi connectivity index (χ4v) is 3.20. The van der Waals surface area contributed by atoms with Crippen LogP contribution in [-0.4, -0.2) is 42.8 Å². The molecule has 2 heterocycles. The maximum atomic E-state index is 5.95. The van der Waals surface area contributed by atoms with Crippen LogP contribution in [0.2, 0.25) is 0 Å². The molecule has 136 valence electrons. The molecule has 1 aromatic heterocycles. The topological polar surface area (TPSA) is 59.8 Å². The van der Waals surface area contributed by atoms with Crippen molar-refractivity contribution in [3.63, 3.8) is 0 Å². The van der Waals surface area contributed by atoms with E-state index in [2.05, 4.69) is 34.4 Å². The number of nitrogens with one attached hydrogen (secondary N) is 1. The van der Waals surface area contributed by atoms with Gasteiger partial charge in [0.1, 0.15) is 12.4 Å². The van der Waals surface area contributed by atoms with Crippen molar-refractivity contribution in [2.75, 3.05) is 26.7 Å². The van der Waals surface area contributed by atoms with Crippen LogP contribution in [0.1, 0.15) is 29.5 Å². The molecule has 1 aromatic carbocycles. The monoisotopic (exact) mass is 345 g/mol. The van der Waals surface area contributed by atoms with E-state index in [4.69, 9.17) is 14.0 Å². The molecular weight excluding hydrogens is 318 g/mol. The zero-order valence-electron chi connectivity index (χ0n) is 15.5. The molecule has 0 saturated carbocycles. The van der Waals surface area contributed by atoms with Gasteiger partial charge >= 0.3 is 0 Å². The standard InChI is InChI=1S/C19H27N3O3/c1-13-10-22(8-7-20-13)11-16-5-6-18(19(9-16)23-4)24-12-17-14(2)21-25-15(17)3/h5-6,9,13,20H,7-8,10-12H2,1-4H3. The predicted octanol–water partition coefficient (Wildman–Crippen LogP) is 2.67. The second-order valence-corrected chi connectivity index (χ2v) is 6.67. The van der Waals surface area contributed by atoms with Gasteiger partial charge in [-0.15, -0.1) is 0 Å². The van der Waals surface area contributed by atoms with Crippen molar-refractivity contribution in [1.29, 1.82) is 0 Å². The lowest BCUT2D eigenvalue weighted by Gasteiger charge is -2.31. The van der Waals surface area contributed by atoms with Crippen molar-refractivity contribution in [2.45, 2.75) is 40.0 Å². The molecule has 3 rings (SSSR count). The predicted molar refractivity (Wildman–Crippen MR) is 96.0 cm³/mol. The smallest absolute Gasteiger partial charge is 0.161 e. The molecule has 0 amide bonds. The molecular formula is C19H27N3O3. The Labute approximate surface area is 149 Å². The van der Waals surface area contributed by atoms with Crippen LogP contribution in [0, 0.1) is 13.8 Å². The van der Waals surface area contributed by atoms with Crippen LogP contribution < -0.4 is 14.8 Å². The lowest BCUT2D eigenvalue weighted by molar-refractivity contribution is 0.199. The van der Waals surface area contributed by atoms with Gasteiger partial charge in [-0.1, -0.05) is 11.2 Å². The van der Waals surface area contributed by atoms with Crippen molar-refractivity contribution < 1.29 is 14.0 Å². The lowest BCUT2D eigenvalue weighted by Crippen LogP contribution is -2.48. The van der Waals surface area contributed by atoms with E-state index in [1.54, 1.807) is 7.11 Å². The fraction of sp³-hybridized carbons (Fsp3) is 0.526. The highest BCUT2D eigenvalue weighted by Gasteiger charge is 2.17. The summed E-state index contributed by atoms with van der Waals surface area (Å²) in [4.78, 5) is 2.46. The first-order chi connectivity index (χ1) is 12.1. The van der Waals surface area contributed by atoms with E-state index in [1.165, 1.54) is 5.56 Å². The number of aromatic nitrogens is 1. The largest absolute Gasteiger partial charge is 0.493 e. The molecule has 0 radical (unpaired) electrons. The molecule has 25 heavy (non-hydrogen) atoms. The third-order valence-corrected chi connectivity index (χ3v) is 4.64. The van der Waals surface area contributed by atoms with Crippen LogP contribution in [0.3, 0.4) is 0 Å². The normalized spacial score (nSPS) is 18.3.